The Balaban J connectivity index is 2.21. The third kappa shape index (κ3) is 2.63. The van der Waals surface area contributed by atoms with Gasteiger partial charge in [0.05, 0.1) is 12.8 Å². The van der Waals surface area contributed by atoms with E-state index in [-0.39, 0.29) is 0 Å². The number of hydrogen-bond acceptors (Lipinski definition) is 4. The van der Waals surface area contributed by atoms with Crippen LogP contribution in [0.5, 0.6) is 0 Å². The second-order valence-corrected chi connectivity index (χ2v) is 4.51. The van der Waals surface area contributed by atoms with Gasteiger partial charge in [0.15, 0.2) is 5.65 Å². The SMILES string of the molecule is CCCCOC(=O)n1ncc2cc(Br)cnc21. The first-order chi connectivity index (χ1) is 8.22. The maximum absolute atomic E-state index is 11.7. The number of nitrogens with zero attached hydrogens (tertiary/aromatic N) is 3. The predicted octanol–water partition coefficient (Wildman–Crippen LogP) is 2.98. The second kappa shape index (κ2) is 5.27. The van der Waals surface area contributed by atoms with Crippen molar-refractivity contribution in [1.82, 2.24) is 14.8 Å². The number of carbonyl (C=O) groups excluding carboxylic acids is 1. The molecule has 0 atom stereocenters. The summed E-state index contributed by atoms with van der Waals surface area (Å²) in [5.74, 6) is 0. The molecule has 17 heavy (non-hydrogen) atoms. The van der Waals surface area contributed by atoms with E-state index in [1.54, 1.807) is 12.4 Å². The molecule has 0 aliphatic carbocycles. The van der Waals surface area contributed by atoms with Crippen LogP contribution in [-0.4, -0.2) is 27.5 Å². The fraction of sp³-hybridized carbons (Fsp3) is 0.364. The number of carbonyl (C=O) groups is 1. The molecule has 0 unspecified atom stereocenters. The zero-order chi connectivity index (χ0) is 12.3. The molecule has 0 aliphatic heterocycles. The van der Waals surface area contributed by atoms with Crippen LogP contribution in [0.1, 0.15) is 19.8 Å². The lowest BCUT2D eigenvalue weighted by Crippen LogP contribution is -2.16. The highest BCUT2D eigenvalue weighted by molar-refractivity contribution is 9.10. The molecule has 0 amide bonds. The van der Waals surface area contributed by atoms with Crippen LogP contribution < -0.4 is 0 Å². The molecule has 0 radical (unpaired) electrons. The number of rotatable bonds is 3. The van der Waals surface area contributed by atoms with Crippen molar-refractivity contribution >= 4 is 33.1 Å². The molecule has 6 heteroatoms. The lowest BCUT2D eigenvalue weighted by molar-refractivity contribution is 0.144. The van der Waals surface area contributed by atoms with Gasteiger partial charge in [-0.3, -0.25) is 0 Å². The number of ether oxygens (including phenoxy) is 1. The minimum Gasteiger partial charge on any atom is -0.448 e. The van der Waals surface area contributed by atoms with Crippen molar-refractivity contribution < 1.29 is 9.53 Å². The van der Waals surface area contributed by atoms with Crippen molar-refractivity contribution in [3.8, 4) is 0 Å². The minimum absolute atomic E-state index is 0.410. The zero-order valence-electron chi connectivity index (χ0n) is 9.39. The van der Waals surface area contributed by atoms with E-state index in [9.17, 15) is 4.79 Å². The fourth-order valence-electron chi connectivity index (χ4n) is 1.39. The Morgan fingerprint density at radius 1 is 1.53 bits per heavy atom. The highest BCUT2D eigenvalue weighted by Crippen LogP contribution is 2.16. The lowest BCUT2D eigenvalue weighted by Gasteiger charge is -2.03. The Morgan fingerprint density at radius 3 is 3.12 bits per heavy atom. The van der Waals surface area contributed by atoms with Gasteiger partial charge in [-0.1, -0.05) is 13.3 Å². The van der Waals surface area contributed by atoms with E-state index in [0.717, 1.165) is 22.7 Å². The molecular formula is C11H12BrN3O2. The monoisotopic (exact) mass is 297 g/mol. The predicted molar refractivity (Wildman–Crippen MR) is 66.9 cm³/mol. The van der Waals surface area contributed by atoms with Crippen molar-refractivity contribution in [2.45, 2.75) is 19.8 Å². The maximum Gasteiger partial charge on any atom is 0.436 e. The van der Waals surface area contributed by atoms with Crippen LogP contribution in [0.25, 0.3) is 11.0 Å². The minimum atomic E-state index is -0.483. The molecule has 0 fully saturated rings. The molecule has 2 aromatic rings. The highest BCUT2D eigenvalue weighted by Gasteiger charge is 2.12. The number of halogens is 1. The Bertz CT molecular complexity index is 538. The first kappa shape index (κ1) is 12.0. The van der Waals surface area contributed by atoms with Crippen LogP contribution in [0.15, 0.2) is 22.9 Å². The largest absolute Gasteiger partial charge is 0.448 e. The Morgan fingerprint density at radius 2 is 2.35 bits per heavy atom. The molecule has 0 N–H and O–H groups in total. The van der Waals surface area contributed by atoms with Gasteiger partial charge in [-0.15, -0.1) is 4.68 Å². The molecule has 2 rings (SSSR count). The van der Waals surface area contributed by atoms with E-state index in [1.807, 2.05) is 13.0 Å². The normalized spacial score (nSPS) is 10.7. The first-order valence-electron chi connectivity index (χ1n) is 5.38. The summed E-state index contributed by atoms with van der Waals surface area (Å²) in [7, 11) is 0. The zero-order valence-corrected chi connectivity index (χ0v) is 11.0. The highest BCUT2D eigenvalue weighted by atomic mass is 79.9. The molecule has 0 aliphatic rings. The molecule has 90 valence electrons. The Hall–Kier alpha value is -1.43. The van der Waals surface area contributed by atoms with Crippen molar-refractivity contribution in [3.05, 3.63) is 22.9 Å². The van der Waals surface area contributed by atoms with Crippen LogP contribution in [-0.2, 0) is 4.74 Å². The molecule has 2 aromatic heterocycles. The van der Waals surface area contributed by atoms with E-state index in [2.05, 4.69) is 26.0 Å². The number of aromatic nitrogens is 3. The summed E-state index contributed by atoms with van der Waals surface area (Å²) in [5, 5.41) is 4.77. The molecule has 0 bridgehead atoms. The third-order valence-electron chi connectivity index (χ3n) is 2.27. The quantitative estimate of drug-likeness (QED) is 0.817. The van der Waals surface area contributed by atoms with Gasteiger partial charge in [0.2, 0.25) is 0 Å². The molecule has 0 saturated carbocycles. The van der Waals surface area contributed by atoms with Crippen molar-refractivity contribution in [2.24, 2.45) is 0 Å². The molecule has 0 aromatic carbocycles. The van der Waals surface area contributed by atoms with E-state index >= 15 is 0 Å². The van der Waals surface area contributed by atoms with Gasteiger partial charge in [0, 0.05) is 16.1 Å². The molecule has 0 saturated heterocycles. The topological polar surface area (TPSA) is 57.0 Å². The van der Waals surface area contributed by atoms with E-state index in [1.165, 1.54) is 4.68 Å². The Labute approximate surface area is 107 Å². The van der Waals surface area contributed by atoms with Gasteiger partial charge in [0.25, 0.3) is 0 Å². The van der Waals surface area contributed by atoms with Crippen LogP contribution >= 0.6 is 15.9 Å². The molecule has 0 spiro atoms. The van der Waals surface area contributed by atoms with Gasteiger partial charge in [-0.05, 0) is 28.4 Å². The van der Waals surface area contributed by atoms with Crippen molar-refractivity contribution in [1.29, 1.82) is 0 Å². The van der Waals surface area contributed by atoms with Gasteiger partial charge >= 0.3 is 6.09 Å². The third-order valence-corrected chi connectivity index (χ3v) is 2.70. The average Bonchev–Trinajstić information content (AvgIpc) is 2.72. The summed E-state index contributed by atoms with van der Waals surface area (Å²) in [6.07, 6.45) is 4.57. The average molecular weight is 298 g/mol. The summed E-state index contributed by atoms with van der Waals surface area (Å²) in [4.78, 5) is 15.8. The second-order valence-electron chi connectivity index (χ2n) is 3.59. The van der Waals surface area contributed by atoms with Crippen LogP contribution in [0.4, 0.5) is 4.79 Å². The number of unbranched alkanes of at least 4 members (excludes halogenated alkanes) is 1. The number of hydrogen-bond donors (Lipinski definition) is 0. The molecule has 5 nitrogen and oxygen atoms in total. The van der Waals surface area contributed by atoms with Crippen LogP contribution in [0.2, 0.25) is 0 Å². The van der Waals surface area contributed by atoms with Crippen molar-refractivity contribution in [2.75, 3.05) is 6.61 Å². The van der Waals surface area contributed by atoms with Gasteiger partial charge < -0.3 is 4.74 Å². The number of pyridine rings is 1. The summed E-state index contributed by atoms with van der Waals surface area (Å²) in [6.45, 7) is 2.45. The summed E-state index contributed by atoms with van der Waals surface area (Å²) < 4.78 is 7.10. The maximum atomic E-state index is 11.7. The summed E-state index contributed by atoms with van der Waals surface area (Å²) >= 11 is 3.31. The van der Waals surface area contributed by atoms with E-state index < -0.39 is 6.09 Å². The van der Waals surface area contributed by atoms with E-state index in [0.29, 0.717) is 12.3 Å². The van der Waals surface area contributed by atoms with Gasteiger partial charge in [-0.2, -0.15) is 5.10 Å². The van der Waals surface area contributed by atoms with Gasteiger partial charge in [-0.25, -0.2) is 9.78 Å². The summed E-state index contributed by atoms with van der Waals surface area (Å²) in [5.41, 5.74) is 0.509. The van der Waals surface area contributed by atoms with E-state index in [4.69, 9.17) is 4.74 Å². The van der Waals surface area contributed by atoms with Gasteiger partial charge in [0.1, 0.15) is 0 Å². The van der Waals surface area contributed by atoms with Crippen LogP contribution in [0.3, 0.4) is 0 Å². The lowest BCUT2D eigenvalue weighted by atomic mass is 10.4. The standard InChI is InChI=1S/C11H12BrN3O2/c1-2-3-4-17-11(16)15-10-8(6-14-15)5-9(12)7-13-10/h5-7H,2-4H2,1H3. The molecule has 2 heterocycles. The Kier molecular flexibility index (Phi) is 3.73. The fourth-order valence-corrected chi connectivity index (χ4v) is 1.74. The number of fused-ring (bicyclic) bond motifs is 1. The van der Waals surface area contributed by atoms with Crippen molar-refractivity contribution in [3.63, 3.8) is 0 Å². The van der Waals surface area contributed by atoms with Crippen LogP contribution in [0, 0.1) is 0 Å². The smallest absolute Gasteiger partial charge is 0.436 e. The summed E-state index contributed by atoms with van der Waals surface area (Å²) in [6, 6.07) is 1.85. The first-order valence-corrected chi connectivity index (χ1v) is 6.18. The molecular weight excluding hydrogens is 286 g/mol.